The van der Waals surface area contributed by atoms with Crippen molar-refractivity contribution in [1.82, 2.24) is 10.2 Å². The van der Waals surface area contributed by atoms with Gasteiger partial charge in [-0.05, 0) is 43.7 Å². The Bertz CT molecular complexity index is 865. The molecule has 7 nitrogen and oxygen atoms in total. The number of amides is 1. The number of likely N-dealkylation sites (N-methyl/N-ethyl adjacent to an activating group) is 1. The summed E-state index contributed by atoms with van der Waals surface area (Å²) in [5.41, 5.74) is 2.59. The molecule has 0 saturated carbocycles. The quantitative estimate of drug-likeness (QED) is 0.425. The SMILES string of the molecule is CN1CCN(c2ccc(CCCNC(=O)c3ccc([N+](=O)[O-])cc3Cl)cc2)CC1. The Kier molecular flexibility index (Phi) is 7.06. The highest BCUT2D eigenvalue weighted by Gasteiger charge is 2.15. The fraction of sp³-hybridized carbons (Fsp3) is 0.381. The third-order valence-electron chi connectivity index (χ3n) is 5.14. The van der Waals surface area contributed by atoms with Gasteiger partial charge in [0, 0.05) is 50.5 Å². The van der Waals surface area contributed by atoms with Crippen molar-refractivity contribution in [2.75, 3.05) is 44.7 Å². The third kappa shape index (κ3) is 5.68. The first kappa shape index (κ1) is 21.1. The van der Waals surface area contributed by atoms with Gasteiger partial charge in [-0.2, -0.15) is 0 Å². The number of nitrogens with one attached hydrogen (secondary N) is 1. The number of carbonyl (C=O) groups excluding carboxylic acids is 1. The third-order valence-corrected chi connectivity index (χ3v) is 5.45. The van der Waals surface area contributed by atoms with Gasteiger partial charge in [0.25, 0.3) is 11.6 Å². The molecule has 1 amide bonds. The van der Waals surface area contributed by atoms with Crippen molar-refractivity contribution >= 4 is 28.9 Å². The van der Waals surface area contributed by atoms with Gasteiger partial charge < -0.3 is 15.1 Å². The van der Waals surface area contributed by atoms with Crippen LogP contribution < -0.4 is 10.2 Å². The molecule has 1 fully saturated rings. The molecule has 1 saturated heterocycles. The number of halogens is 1. The predicted octanol–water partition coefficient (Wildman–Crippen LogP) is 3.36. The van der Waals surface area contributed by atoms with E-state index in [4.69, 9.17) is 11.6 Å². The molecule has 0 bridgehead atoms. The number of nitro benzene ring substituents is 1. The molecular formula is C21H25ClN4O3. The lowest BCUT2D eigenvalue weighted by Gasteiger charge is -2.34. The highest BCUT2D eigenvalue weighted by molar-refractivity contribution is 6.34. The van der Waals surface area contributed by atoms with Crippen LogP contribution in [-0.4, -0.2) is 55.5 Å². The molecule has 3 rings (SSSR count). The number of hydrogen-bond acceptors (Lipinski definition) is 5. The summed E-state index contributed by atoms with van der Waals surface area (Å²) in [6.45, 7) is 4.77. The van der Waals surface area contributed by atoms with Crippen LogP contribution in [0.2, 0.25) is 5.02 Å². The summed E-state index contributed by atoms with van der Waals surface area (Å²) in [5, 5.41) is 13.6. The topological polar surface area (TPSA) is 78.7 Å². The number of piperazine rings is 1. The smallest absolute Gasteiger partial charge is 0.270 e. The highest BCUT2D eigenvalue weighted by Crippen LogP contribution is 2.22. The average Bonchev–Trinajstić information content (AvgIpc) is 2.72. The minimum absolute atomic E-state index is 0.0798. The normalized spacial score (nSPS) is 14.6. The maximum absolute atomic E-state index is 12.2. The molecule has 0 spiro atoms. The summed E-state index contributed by atoms with van der Waals surface area (Å²) in [6.07, 6.45) is 1.65. The molecule has 0 aromatic heterocycles. The highest BCUT2D eigenvalue weighted by atomic mass is 35.5. The predicted molar refractivity (Wildman–Crippen MR) is 115 cm³/mol. The molecule has 0 radical (unpaired) electrons. The number of benzene rings is 2. The summed E-state index contributed by atoms with van der Waals surface area (Å²) in [5.74, 6) is -0.324. The van der Waals surface area contributed by atoms with Crippen LogP contribution in [0.3, 0.4) is 0 Å². The van der Waals surface area contributed by atoms with E-state index < -0.39 is 4.92 Å². The fourth-order valence-electron chi connectivity index (χ4n) is 3.33. The second kappa shape index (κ2) is 9.71. The van der Waals surface area contributed by atoms with E-state index in [1.54, 1.807) is 0 Å². The van der Waals surface area contributed by atoms with E-state index in [2.05, 4.69) is 46.4 Å². The van der Waals surface area contributed by atoms with Crippen LogP contribution in [0.25, 0.3) is 0 Å². The van der Waals surface area contributed by atoms with Crippen molar-refractivity contribution in [3.8, 4) is 0 Å². The van der Waals surface area contributed by atoms with Crippen LogP contribution in [0, 0.1) is 10.1 Å². The monoisotopic (exact) mass is 416 g/mol. The van der Waals surface area contributed by atoms with Crippen LogP contribution in [0.5, 0.6) is 0 Å². The van der Waals surface area contributed by atoms with E-state index in [1.807, 2.05) is 0 Å². The molecule has 29 heavy (non-hydrogen) atoms. The lowest BCUT2D eigenvalue weighted by Crippen LogP contribution is -2.44. The standard InChI is InChI=1S/C21H25ClN4O3/c1-24-11-13-25(14-12-24)17-6-4-16(5-7-17)3-2-10-23-21(27)19-9-8-18(26(28)29)15-20(19)22/h4-9,15H,2-3,10-14H2,1H3,(H,23,27). The second-order valence-corrected chi connectivity index (χ2v) is 7.64. The van der Waals surface area contributed by atoms with Crippen molar-refractivity contribution in [2.24, 2.45) is 0 Å². The first-order chi connectivity index (χ1) is 13.9. The molecule has 1 aliphatic rings. The second-order valence-electron chi connectivity index (χ2n) is 7.24. The number of rotatable bonds is 7. The van der Waals surface area contributed by atoms with Gasteiger partial charge in [0.2, 0.25) is 0 Å². The lowest BCUT2D eigenvalue weighted by molar-refractivity contribution is -0.384. The minimum Gasteiger partial charge on any atom is -0.369 e. The van der Waals surface area contributed by atoms with Gasteiger partial charge in [0.1, 0.15) is 0 Å². The first-order valence-corrected chi connectivity index (χ1v) is 10.1. The maximum Gasteiger partial charge on any atom is 0.270 e. The number of hydrogen-bond donors (Lipinski definition) is 1. The summed E-state index contributed by atoms with van der Waals surface area (Å²) >= 11 is 5.99. The van der Waals surface area contributed by atoms with Gasteiger partial charge in [-0.15, -0.1) is 0 Å². The Morgan fingerprint density at radius 3 is 2.45 bits per heavy atom. The van der Waals surface area contributed by atoms with E-state index in [0.29, 0.717) is 6.54 Å². The Balaban J connectivity index is 1.44. The van der Waals surface area contributed by atoms with Gasteiger partial charge >= 0.3 is 0 Å². The molecule has 1 aliphatic heterocycles. The Morgan fingerprint density at radius 2 is 1.83 bits per heavy atom. The summed E-state index contributed by atoms with van der Waals surface area (Å²) in [6, 6.07) is 12.5. The Labute approximate surface area is 175 Å². The van der Waals surface area contributed by atoms with E-state index in [0.717, 1.165) is 39.0 Å². The van der Waals surface area contributed by atoms with Crippen molar-refractivity contribution in [2.45, 2.75) is 12.8 Å². The number of nitro groups is 1. The average molecular weight is 417 g/mol. The minimum atomic E-state index is -0.539. The lowest BCUT2D eigenvalue weighted by atomic mass is 10.1. The molecule has 0 unspecified atom stereocenters. The van der Waals surface area contributed by atoms with Crippen molar-refractivity contribution in [3.05, 3.63) is 68.7 Å². The van der Waals surface area contributed by atoms with E-state index in [9.17, 15) is 14.9 Å². The zero-order valence-corrected chi connectivity index (χ0v) is 17.2. The van der Waals surface area contributed by atoms with E-state index in [-0.39, 0.29) is 22.2 Å². The largest absolute Gasteiger partial charge is 0.369 e. The van der Waals surface area contributed by atoms with Crippen molar-refractivity contribution < 1.29 is 9.72 Å². The Morgan fingerprint density at radius 1 is 1.14 bits per heavy atom. The number of carbonyl (C=O) groups is 1. The molecule has 8 heteroatoms. The molecule has 1 N–H and O–H groups in total. The fourth-order valence-corrected chi connectivity index (χ4v) is 3.59. The van der Waals surface area contributed by atoms with Crippen LogP contribution in [0.4, 0.5) is 11.4 Å². The summed E-state index contributed by atoms with van der Waals surface area (Å²) in [7, 11) is 2.15. The molecular weight excluding hydrogens is 392 g/mol. The molecule has 2 aromatic rings. The van der Waals surface area contributed by atoms with Gasteiger partial charge in [-0.3, -0.25) is 14.9 Å². The van der Waals surface area contributed by atoms with Crippen LogP contribution >= 0.6 is 11.6 Å². The molecule has 154 valence electrons. The van der Waals surface area contributed by atoms with Crippen LogP contribution in [0.1, 0.15) is 22.3 Å². The van der Waals surface area contributed by atoms with Gasteiger partial charge in [-0.25, -0.2) is 0 Å². The van der Waals surface area contributed by atoms with Gasteiger partial charge in [0.15, 0.2) is 0 Å². The Hall–Kier alpha value is -2.64. The molecule has 2 aromatic carbocycles. The maximum atomic E-state index is 12.2. The number of non-ortho nitro benzene ring substituents is 1. The van der Waals surface area contributed by atoms with Gasteiger partial charge in [0.05, 0.1) is 15.5 Å². The molecule has 0 aliphatic carbocycles. The number of aryl methyl sites for hydroxylation is 1. The number of nitrogens with zero attached hydrogens (tertiary/aromatic N) is 3. The van der Waals surface area contributed by atoms with Crippen molar-refractivity contribution in [1.29, 1.82) is 0 Å². The van der Waals surface area contributed by atoms with E-state index in [1.165, 1.54) is 29.4 Å². The van der Waals surface area contributed by atoms with Crippen LogP contribution in [-0.2, 0) is 6.42 Å². The number of anilines is 1. The molecule has 0 atom stereocenters. The molecule has 1 heterocycles. The summed E-state index contributed by atoms with van der Waals surface area (Å²) in [4.78, 5) is 27.2. The zero-order valence-electron chi connectivity index (χ0n) is 16.4. The van der Waals surface area contributed by atoms with E-state index >= 15 is 0 Å². The summed E-state index contributed by atoms with van der Waals surface area (Å²) < 4.78 is 0. The first-order valence-electron chi connectivity index (χ1n) is 9.68. The van der Waals surface area contributed by atoms with Gasteiger partial charge in [-0.1, -0.05) is 23.7 Å². The van der Waals surface area contributed by atoms with Crippen molar-refractivity contribution in [3.63, 3.8) is 0 Å². The van der Waals surface area contributed by atoms with Crippen LogP contribution in [0.15, 0.2) is 42.5 Å². The zero-order chi connectivity index (χ0) is 20.8.